The summed E-state index contributed by atoms with van der Waals surface area (Å²) in [5, 5.41) is 12.0. The van der Waals surface area contributed by atoms with Gasteiger partial charge in [0.25, 0.3) is 5.91 Å². The molecule has 0 aliphatic carbocycles. The molecule has 0 saturated carbocycles. The Kier molecular flexibility index (Phi) is 8.01. The molecule has 0 spiro atoms. The van der Waals surface area contributed by atoms with E-state index in [1.54, 1.807) is 36.7 Å². The van der Waals surface area contributed by atoms with Gasteiger partial charge in [-0.1, -0.05) is 0 Å². The average molecular weight is 477 g/mol. The Morgan fingerprint density at radius 1 is 1.06 bits per heavy atom. The lowest BCUT2D eigenvalue weighted by Gasteiger charge is -2.11. The van der Waals surface area contributed by atoms with Crippen molar-refractivity contribution in [1.82, 2.24) is 9.97 Å². The molecule has 3 aromatic rings. The molecule has 2 N–H and O–H groups in total. The lowest BCUT2D eigenvalue weighted by Crippen LogP contribution is -2.17. The van der Waals surface area contributed by atoms with Gasteiger partial charge < -0.3 is 15.2 Å². The first-order valence-corrected chi connectivity index (χ1v) is 10.5. The maximum Gasteiger partial charge on any atom is 0.573 e. The summed E-state index contributed by atoms with van der Waals surface area (Å²) in [6.45, 7) is -0.550. The number of aromatic nitrogens is 2. The highest BCUT2D eigenvalue weighted by Gasteiger charge is 2.31. The summed E-state index contributed by atoms with van der Waals surface area (Å²) in [4.78, 5) is 32.5. The van der Waals surface area contributed by atoms with Gasteiger partial charge in [-0.15, -0.1) is 24.9 Å². The number of nitrogens with one attached hydrogen (secondary N) is 1. The number of amides is 1. The van der Waals surface area contributed by atoms with E-state index < -0.39 is 24.6 Å². The number of rotatable bonds is 9. The van der Waals surface area contributed by atoms with E-state index in [2.05, 4.69) is 20.0 Å². The number of ether oxygens (including phenoxy) is 1. The number of aliphatic hydroxyl groups excluding tert-OH is 1. The van der Waals surface area contributed by atoms with E-state index in [0.717, 1.165) is 17.7 Å². The number of Topliss-reactive ketones (excluding diaryl/α,β-unsaturated/α-hetero) is 1. The van der Waals surface area contributed by atoms with E-state index in [4.69, 9.17) is 5.11 Å². The van der Waals surface area contributed by atoms with Crippen LogP contribution in [0.25, 0.3) is 0 Å². The normalized spacial score (nSPS) is 11.2. The molecule has 2 aromatic heterocycles. The van der Waals surface area contributed by atoms with Gasteiger partial charge in [0.2, 0.25) is 0 Å². The number of hydrogen-bond acceptors (Lipinski definition) is 7. The molecule has 172 valence electrons. The van der Waals surface area contributed by atoms with Crippen molar-refractivity contribution in [2.45, 2.75) is 23.6 Å². The monoisotopic (exact) mass is 477 g/mol. The van der Waals surface area contributed by atoms with Gasteiger partial charge in [-0.05, 0) is 54.1 Å². The molecule has 3 rings (SSSR count). The van der Waals surface area contributed by atoms with Crippen molar-refractivity contribution in [3.63, 3.8) is 0 Å². The van der Waals surface area contributed by atoms with Crippen LogP contribution >= 0.6 is 11.8 Å². The standard InChI is InChI=1S/C22H18F3N3O4S/c23-22(24,25)32-18-5-3-15(4-6-18)28-20(31)19-2-1-8-27-21(19)33-13-14-7-9-26-16(10-14)11-17(30)12-29/h1-10,29H,11-13H2,(H,28,31). The summed E-state index contributed by atoms with van der Waals surface area (Å²) < 4.78 is 40.6. The molecule has 2 heterocycles. The van der Waals surface area contributed by atoms with E-state index in [1.807, 2.05) is 0 Å². The minimum absolute atomic E-state index is 0.0268. The Balaban J connectivity index is 1.66. The minimum atomic E-state index is -4.80. The molecule has 11 heteroatoms. The summed E-state index contributed by atoms with van der Waals surface area (Å²) in [7, 11) is 0. The van der Waals surface area contributed by atoms with E-state index in [9.17, 15) is 22.8 Å². The fraction of sp³-hybridized carbons (Fsp3) is 0.182. The van der Waals surface area contributed by atoms with Crippen LogP contribution in [0, 0.1) is 0 Å². The molecule has 0 unspecified atom stereocenters. The lowest BCUT2D eigenvalue weighted by atomic mass is 10.1. The molecule has 0 aliphatic rings. The number of alkyl halides is 3. The molecule has 0 fully saturated rings. The zero-order valence-corrected chi connectivity index (χ0v) is 17.8. The van der Waals surface area contributed by atoms with Crippen LogP contribution in [0.2, 0.25) is 0 Å². The third kappa shape index (κ3) is 7.58. The predicted octanol–water partition coefficient (Wildman–Crippen LogP) is 4.02. The van der Waals surface area contributed by atoms with Gasteiger partial charge in [0.1, 0.15) is 17.4 Å². The van der Waals surface area contributed by atoms with Crippen molar-refractivity contribution < 1.29 is 32.6 Å². The number of halogens is 3. The highest BCUT2D eigenvalue weighted by Crippen LogP contribution is 2.27. The molecule has 33 heavy (non-hydrogen) atoms. The van der Waals surface area contributed by atoms with Crippen LogP contribution in [0.15, 0.2) is 66.0 Å². The summed E-state index contributed by atoms with van der Waals surface area (Å²) in [5.41, 5.74) is 1.97. The predicted molar refractivity (Wildman–Crippen MR) is 115 cm³/mol. The Labute approximate surface area is 191 Å². The number of anilines is 1. The first-order valence-electron chi connectivity index (χ1n) is 9.55. The second-order valence-electron chi connectivity index (χ2n) is 6.70. The number of carbonyl (C=O) groups is 2. The second-order valence-corrected chi connectivity index (χ2v) is 7.66. The van der Waals surface area contributed by atoms with Gasteiger partial charge in [-0.2, -0.15) is 0 Å². The SMILES string of the molecule is O=C(CO)Cc1cc(CSc2ncccc2C(=O)Nc2ccc(OC(F)(F)F)cc2)ccn1. The van der Waals surface area contributed by atoms with Gasteiger partial charge in [-0.3, -0.25) is 14.6 Å². The minimum Gasteiger partial charge on any atom is -0.406 e. The van der Waals surface area contributed by atoms with Crippen LogP contribution in [-0.2, 0) is 17.0 Å². The summed E-state index contributed by atoms with van der Waals surface area (Å²) in [5.74, 6) is -0.757. The zero-order chi connectivity index (χ0) is 23.8. The summed E-state index contributed by atoms with van der Waals surface area (Å²) in [6.07, 6.45) is -1.66. The Morgan fingerprint density at radius 2 is 1.82 bits per heavy atom. The van der Waals surface area contributed by atoms with Gasteiger partial charge in [0.15, 0.2) is 5.78 Å². The summed E-state index contributed by atoms with van der Waals surface area (Å²) in [6, 6.07) is 11.5. The van der Waals surface area contributed by atoms with Crippen molar-refractivity contribution >= 4 is 29.1 Å². The van der Waals surface area contributed by atoms with Crippen LogP contribution in [0.3, 0.4) is 0 Å². The third-order valence-electron chi connectivity index (χ3n) is 4.17. The first-order chi connectivity index (χ1) is 15.7. The number of ketones is 1. The van der Waals surface area contributed by atoms with Crippen molar-refractivity contribution in [1.29, 1.82) is 0 Å². The smallest absolute Gasteiger partial charge is 0.406 e. The van der Waals surface area contributed by atoms with Crippen molar-refractivity contribution in [2.24, 2.45) is 0 Å². The summed E-state index contributed by atoms with van der Waals surface area (Å²) >= 11 is 1.30. The van der Waals surface area contributed by atoms with Crippen molar-refractivity contribution in [3.8, 4) is 5.75 Å². The molecule has 0 saturated heterocycles. The molecule has 7 nitrogen and oxygen atoms in total. The van der Waals surface area contributed by atoms with E-state index in [-0.39, 0.29) is 12.2 Å². The van der Waals surface area contributed by atoms with Crippen LogP contribution in [0.1, 0.15) is 21.6 Å². The zero-order valence-electron chi connectivity index (χ0n) is 17.0. The average Bonchev–Trinajstić information content (AvgIpc) is 2.78. The molecular formula is C22H18F3N3O4S. The van der Waals surface area contributed by atoms with E-state index >= 15 is 0 Å². The molecule has 0 aliphatic heterocycles. The highest BCUT2D eigenvalue weighted by atomic mass is 32.2. The maximum absolute atomic E-state index is 12.7. The van der Waals surface area contributed by atoms with Gasteiger partial charge in [0, 0.05) is 29.5 Å². The molecule has 1 aromatic carbocycles. The molecule has 0 atom stereocenters. The van der Waals surface area contributed by atoms with Crippen LogP contribution in [-0.4, -0.2) is 39.7 Å². The fourth-order valence-electron chi connectivity index (χ4n) is 2.74. The number of carbonyl (C=O) groups excluding carboxylic acids is 2. The quantitative estimate of drug-likeness (QED) is 0.449. The third-order valence-corrected chi connectivity index (χ3v) is 5.25. The number of aliphatic hydroxyl groups is 1. The largest absolute Gasteiger partial charge is 0.573 e. The van der Waals surface area contributed by atoms with Crippen LogP contribution in [0.5, 0.6) is 5.75 Å². The number of benzene rings is 1. The lowest BCUT2D eigenvalue weighted by molar-refractivity contribution is -0.274. The number of thioether (sulfide) groups is 1. The fourth-order valence-corrected chi connectivity index (χ4v) is 3.68. The first kappa shape index (κ1) is 24.2. The maximum atomic E-state index is 12.7. The molecule has 0 radical (unpaired) electrons. The van der Waals surface area contributed by atoms with Crippen molar-refractivity contribution in [3.05, 3.63) is 77.7 Å². The molecule has 0 bridgehead atoms. The van der Waals surface area contributed by atoms with Crippen LogP contribution in [0.4, 0.5) is 18.9 Å². The van der Waals surface area contributed by atoms with Gasteiger partial charge >= 0.3 is 6.36 Å². The Bertz CT molecular complexity index is 1120. The Morgan fingerprint density at radius 3 is 2.52 bits per heavy atom. The number of hydrogen-bond donors (Lipinski definition) is 2. The number of nitrogens with zero attached hydrogens (tertiary/aromatic N) is 2. The van der Waals surface area contributed by atoms with E-state index in [0.29, 0.717) is 27.7 Å². The Hall–Kier alpha value is -3.44. The highest BCUT2D eigenvalue weighted by molar-refractivity contribution is 7.98. The van der Waals surface area contributed by atoms with Crippen LogP contribution < -0.4 is 10.1 Å². The number of pyridine rings is 2. The molecular weight excluding hydrogens is 459 g/mol. The second kappa shape index (κ2) is 10.9. The van der Waals surface area contributed by atoms with E-state index in [1.165, 1.54) is 23.9 Å². The van der Waals surface area contributed by atoms with Gasteiger partial charge in [0.05, 0.1) is 12.0 Å². The molecule has 1 amide bonds. The van der Waals surface area contributed by atoms with Crippen molar-refractivity contribution in [2.75, 3.05) is 11.9 Å². The van der Waals surface area contributed by atoms with Gasteiger partial charge in [-0.25, -0.2) is 4.98 Å². The topological polar surface area (TPSA) is 101 Å².